The molecule has 9 nitrogen and oxygen atoms in total. The van der Waals surface area contributed by atoms with Gasteiger partial charge in [0.25, 0.3) is 5.91 Å². The summed E-state index contributed by atoms with van der Waals surface area (Å²) in [6.45, 7) is 4.44. The number of nitrogens with one attached hydrogen (secondary N) is 1. The fraction of sp³-hybridized carbons (Fsp3) is 0.640. The number of amides is 2. The number of aromatic nitrogens is 3. The summed E-state index contributed by atoms with van der Waals surface area (Å²) in [4.78, 5) is 37.0. The Bertz CT molecular complexity index is 1170. The van der Waals surface area contributed by atoms with Gasteiger partial charge >= 0.3 is 5.97 Å². The zero-order chi connectivity index (χ0) is 25.6. The van der Waals surface area contributed by atoms with Crippen molar-refractivity contribution in [2.45, 2.75) is 70.5 Å². The monoisotopic (exact) mass is 531 g/mol. The average Bonchev–Trinajstić information content (AvgIpc) is 3.35. The number of thioether (sulfide) groups is 1. The number of nitrogens with zero attached hydrogens (tertiary/aromatic N) is 3. The van der Waals surface area contributed by atoms with Gasteiger partial charge in [0.2, 0.25) is 5.91 Å². The number of nitrogens with two attached hydrogens (primary N) is 1. The number of thiophene rings is 1. The van der Waals surface area contributed by atoms with Crippen LogP contribution in [-0.2, 0) is 22.5 Å². The fourth-order valence-corrected chi connectivity index (χ4v) is 9.08. The maximum Gasteiger partial charge on any atom is 0.341 e. The molecule has 11 heteroatoms. The number of hydrogen-bond donors (Lipinski definition) is 2. The summed E-state index contributed by atoms with van der Waals surface area (Å²) in [5, 5.41) is 12.7. The Morgan fingerprint density at radius 3 is 2.36 bits per heavy atom. The van der Waals surface area contributed by atoms with E-state index in [1.165, 1.54) is 57.4 Å². The first-order valence-corrected chi connectivity index (χ1v) is 14.4. The lowest BCUT2D eigenvalue weighted by atomic mass is 9.49. The van der Waals surface area contributed by atoms with E-state index < -0.39 is 11.9 Å². The molecule has 0 radical (unpaired) electrons. The van der Waals surface area contributed by atoms with Crippen LogP contribution in [0.1, 0.15) is 76.9 Å². The van der Waals surface area contributed by atoms with E-state index in [1.54, 1.807) is 6.92 Å². The molecule has 4 aliphatic carbocycles. The molecule has 4 bridgehead atoms. The molecule has 194 valence electrons. The molecule has 0 saturated heterocycles. The van der Waals surface area contributed by atoms with Gasteiger partial charge in [0.15, 0.2) is 5.16 Å². The number of carbonyl (C=O) groups excluding carboxylic acids is 3. The molecule has 4 aliphatic rings. The van der Waals surface area contributed by atoms with Crippen LogP contribution in [0.5, 0.6) is 0 Å². The van der Waals surface area contributed by atoms with E-state index in [1.807, 2.05) is 0 Å². The van der Waals surface area contributed by atoms with E-state index in [-0.39, 0.29) is 27.1 Å². The molecular formula is C25H33N5O4S2. The Hall–Kier alpha value is -2.40. The van der Waals surface area contributed by atoms with Gasteiger partial charge in [-0.3, -0.25) is 9.59 Å². The molecule has 2 amide bonds. The molecule has 36 heavy (non-hydrogen) atoms. The van der Waals surface area contributed by atoms with Crippen molar-refractivity contribution in [2.24, 2.45) is 28.9 Å². The zero-order valence-electron chi connectivity index (χ0n) is 21.0. The van der Waals surface area contributed by atoms with E-state index >= 15 is 0 Å². The molecule has 0 unspecified atom stereocenters. The highest BCUT2D eigenvalue weighted by Gasteiger charge is 2.51. The van der Waals surface area contributed by atoms with Crippen LogP contribution in [0.4, 0.5) is 5.00 Å². The van der Waals surface area contributed by atoms with Crippen LogP contribution < -0.4 is 11.1 Å². The standard InChI is InChI=1S/C25H33N5O4S2/c1-4-30-17(11-25-8-14-5-15(9-25)7-16(6-14)10-25)28-29-24(30)35-12-18(31)27-22-19(23(33)34-3)13(2)20(36-22)21(26)32/h14-16H,4-12H2,1-3H3,(H2,26,32)(H,27,31). The number of ether oxygens (including phenoxy) is 1. The van der Waals surface area contributed by atoms with Crippen molar-refractivity contribution in [3.8, 4) is 0 Å². The van der Waals surface area contributed by atoms with Crippen molar-refractivity contribution >= 4 is 45.9 Å². The number of rotatable bonds is 9. The third-order valence-electron chi connectivity index (χ3n) is 8.15. The van der Waals surface area contributed by atoms with Gasteiger partial charge in [-0.2, -0.15) is 0 Å². The number of primary amides is 1. The first-order valence-electron chi connectivity index (χ1n) is 12.6. The van der Waals surface area contributed by atoms with E-state index in [0.717, 1.165) is 53.0 Å². The van der Waals surface area contributed by atoms with Crippen molar-refractivity contribution in [1.29, 1.82) is 0 Å². The minimum Gasteiger partial charge on any atom is -0.465 e. The van der Waals surface area contributed by atoms with Gasteiger partial charge < -0.3 is 20.4 Å². The zero-order valence-corrected chi connectivity index (χ0v) is 22.6. The lowest BCUT2D eigenvalue weighted by Gasteiger charge is -2.56. The summed E-state index contributed by atoms with van der Waals surface area (Å²) in [5.41, 5.74) is 6.36. The van der Waals surface area contributed by atoms with Crippen molar-refractivity contribution in [2.75, 3.05) is 18.2 Å². The van der Waals surface area contributed by atoms with Crippen molar-refractivity contribution in [3.63, 3.8) is 0 Å². The molecular weight excluding hydrogens is 498 g/mol. The van der Waals surface area contributed by atoms with Gasteiger partial charge in [-0.25, -0.2) is 4.79 Å². The van der Waals surface area contributed by atoms with Gasteiger partial charge in [0, 0.05) is 13.0 Å². The van der Waals surface area contributed by atoms with E-state index in [2.05, 4.69) is 27.0 Å². The van der Waals surface area contributed by atoms with E-state index in [0.29, 0.717) is 11.0 Å². The highest BCUT2D eigenvalue weighted by atomic mass is 32.2. The molecule has 0 aliphatic heterocycles. The maximum atomic E-state index is 12.8. The first-order chi connectivity index (χ1) is 17.2. The summed E-state index contributed by atoms with van der Waals surface area (Å²) < 4.78 is 6.97. The van der Waals surface area contributed by atoms with Crippen LogP contribution in [0.2, 0.25) is 0 Å². The molecule has 4 fully saturated rings. The van der Waals surface area contributed by atoms with E-state index in [9.17, 15) is 14.4 Å². The SMILES string of the molecule is CCn1c(CC23CC4CC(CC(C4)C2)C3)nnc1SCC(=O)Nc1sc(C(N)=O)c(C)c1C(=O)OC. The molecule has 3 N–H and O–H groups in total. The Kier molecular flexibility index (Phi) is 6.88. The minimum absolute atomic E-state index is 0.0962. The smallest absolute Gasteiger partial charge is 0.341 e. The molecule has 6 rings (SSSR count). The topological polar surface area (TPSA) is 129 Å². The quantitative estimate of drug-likeness (QED) is 0.369. The number of methoxy groups -OCH3 is 1. The summed E-state index contributed by atoms with van der Waals surface area (Å²) in [5.74, 6) is 2.19. The lowest BCUT2D eigenvalue weighted by Crippen LogP contribution is -2.47. The molecule has 2 aromatic heterocycles. The highest BCUT2D eigenvalue weighted by Crippen LogP contribution is 2.61. The largest absolute Gasteiger partial charge is 0.465 e. The Labute approximate surface area is 218 Å². The second-order valence-corrected chi connectivity index (χ2v) is 12.7. The number of carbonyl (C=O) groups is 3. The van der Waals surface area contributed by atoms with Crippen LogP contribution in [-0.4, -0.2) is 45.4 Å². The van der Waals surface area contributed by atoms with Gasteiger partial charge in [-0.05, 0) is 81.1 Å². The van der Waals surface area contributed by atoms with Crippen LogP contribution in [0, 0.1) is 30.1 Å². The molecule has 0 aromatic carbocycles. The van der Waals surface area contributed by atoms with Crippen LogP contribution in [0.15, 0.2) is 5.16 Å². The normalized spacial score (nSPS) is 26.2. The van der Waals surface area contributed by atoms with Gasteiger partial charge in [-0.1, -0.05) is 11.8 Å². The summed E-state index contributed by atoms with van der Waals surface area (Å²) in [6, 6.07) is 0. The van der Waals surface area contributed by atoms with Crippen molar-refractivity contribution in [3.05, 3.63) is 21.8 Å². The maximum absolute atomic E-state index is 12.8. The van der Waals surface area contributed by atoms with Gasteiger partial charge in [0.05, 0.1) is 23.3 Å². The number of esters is 1. The van der Waals surface area contributed by atoms with Crippen LogP contribution in [0.3, 0.4) is 0 Å². The highest BCUT2D eigenvalue weighted by molar-refractivity contribution is 7.99. The Morgan fingerprint density at radius 2 is 1.81 bits per heavy atom. The van der Waals surface area contributed by atoms with Crippen LogP contribution in [0.25, 0.3) is 0 Å². The Balaban J connectivity index is 1.26. The second kappa shape index (κ2) is 9.81. The molecule has 2 aromatic rings. The van der Waals surface area contributed by atoms with Crippen molar-refractivity contribution in [1.82, 2.24) is 14.8 Å². The third-order valence-corrected chi connectivity index (χ3v) is 10.3. The van der Waals surface area contributed by atoms with Gasteiger partial charge in [0.1, 0.15) is 10.8 Å². The predicted molar refractivity (Wildman–Crippen MR) is 138 cm³/mol. The second-order valence-electron chi connectivity index (χ2n) is 10.7. The number of hydrogen-bond acceptors (Lipinski definition) is 8. The molecule has 2 heterocycles. The van der Waals surface area contributed by atoms with Crippen molar-refractivity contribution < 1.29 is 19.1 Å². The van der Waals surface area contributed by atoms with E-state index in [4.69, 9.17) is 10.5 Å². The third kappa shape index (κ3) is 4.67. The summed E-state index contributed by atoms with van der Waals surface area (Å²) in [6.07, 6.45) is 9.16. The molecule has 0 atom stereocenters. The van der Waals surface area contributed by atoms with Crippen LogP contribution >= 0.6 is 23.1 Å². The predicted octanol–water partition coefficient (Wildman–Crippen LogP) is 4.04. The van der Waals surface area contributed by atoms with Gasteiger partial charge in [-0.15, -0.1) is 21.5 Å². The minimum atomic E-state index is -0.653. The fourth-order valence-electron chi connectivity index (χ4n) is 7.19. The first kappa shape index (κ1) is 25.3. The summed E-state index contributed by atoms with van der Waals surface area (Å²) in [7, 11) is 1.25. The Morgan fingerprint density at radius 1 is 1.17 bits per heavy atom. The number of anilines is 1. The lowest BCUT2D eigenvalue weighted by molar-refractivity contribution is -0.113. The summed E-state index contributed by atoms with van der Waals surface area (Å²) >= 11 is 2.30. The molecule has 4 saturated carbocycles. The molecule has 0 spiro atoms. The average molecular weight is 532 g/mol.